The molecule has 0 heterocycles. The van der Waals surface area contributed by atoms with Gasteiger partial charge in [0, 0.05) is 17.8 Å². The molecule has 0 atom stereocenters. The Labute approximate surface area is 168 Å². The van der Waals surface area contributed by atoms with Gasteiger partial charge in [0.25, 0.3) is 5.91 Å². The fourth-order valence-corrected chi connectivity index (χ4v) is 2.26. The largest absolute Gasteiger partial charge is 0.493 e. The number of nitrogens with one attached hydrogen (secondary N) is 2. The van der Waals surface area contributed by atoms with Crippen LogP contribution in [0.3, 0.4) is 0 Å². The number of anilines is 1. The van der Waals surface area contributed by atoms with Gasteiger partial charge in [-0.1, -0.05) is 30.3 Å². The second-order valence-electron chi connectivity index (χ2n) is 5.74. The topological polar surface area (TPSA) is 103 Å². The molecule has 29 heavy (non-hydrogen) atoms. The standard InChI is InChI=1S/C21H22N2O6/c1-27-17-10-9-16(12-18(17)28-2)23-20(25)14-29-21(26)13-22-19(24)11-8-15-6-4-3-5-7-15/h3-12H,13-14H2,1-2H3,(H,22,24)(H,23,25)/b11-8+. The Balaban J connectivity index is 1.72. The van der Waals surface area contributed by atoms with Crippen LogP contribution in [0.5, 0.6) is 11.5 Å². The number of hydrogen-bond acceptors (Lipinski definition) is 6. The molecular formula is C21H22N2O6. The lowest BCUT2D eigenvalue weighted by Gasteiger charge is -2.11. The van der Waals surface area contributed by atoms with Gasteiger partial charge in [-0.05, 0) is 23.8 Å². The quantitative estimate of drug-likeness (QED) is 0.495. The van der Waals surface area contributed by atoms with Gasteiger partial charge in [0.05, 0.1) is 14.2 Å². The lowest BCUT2D eigenvalue weighted by Crippen LogP contribution is -2.31. The fraction of sp³-hybridized carbons (Fsp3) is 0.190. The van der Waals surface area contributed by atoms with E-state index in [-0.39, 0.29) is 6.54 Å². The number of esters is 1. The van der Waals surface area contributed by atoms with Crippen molar-refractivity contribution in [1.29, 1.82) is 0 Å². The van der Waals surface area contributed by atoms with Crippen molar-refractivity contribution < 1.29 is 28.6 Å². The summed E-state index contributed by atoms with van der Waals surface area (Å²) in [6.45, 7) is -0.829. The minimum absolute atomic E-state index is 0.346. The second-order valence-corrected chi connectivity index (χ2v) is 5.74. The summed E-state index contributed by atoms with van der Waals surface area (Å²) >= 11 is 0. The minimum atomic E-state index is -0.728. The summed E-state index contributed by atoms with van der Waals surface area (Å²) in [4.78, 5) is 35.3. The van der Waals surface area contributed by atoms with E-state index in [0.29, 0.717) is 17.2 Å². The van der Waals surface area contributed by atoms with E-state index in [2.05, 4.69) is 10.6 Å². The summed E-state index contributed by atoms with van der Waals surface area (Å²) in [5.41, 5.74) is 1.32. The highest BCUT2D eigenvalue weighted by Crippen LogP contribution is 2.29. The average molecular weight is 398 g/mol. The molecule has 0 aliphatic carbocycles. The van der Waals surface area contributed by atoms with Crippen LogP contribution in [-0.2, 0) is 19.1 Å². The predicted octanol–water partition coefficient (Wildman–Crippen LogP) is 2.02. The van der Waals surface area contributed by atoms with Crippen LogP contribution in [-0.4, -0.2) is 45.2 Å². The van der Waals surface area contributed by atoms with Gasteiger partial charge < -0.3 is 24.8 Å². The molecule has 2 amide bonds. The van der Waals surface area contributed by atoms with Gasteiger partial charge in [-0.15, -0.1) is 0 Å². The molecule has 2 aromatic rings. The Bertz CT molecular complexity index is 880. The molecule has 2 aromatic carbocycles. The van der Waals surface area contributed by atoms with Gasteiger partial charge in [-0.25, -0.2) is 0 Å². The van der Waals surface area contributed by atoms with Crippen molar-refractivity contribution in [2.24, 2.45) is 0 Å². The number of benzene rings is 2. The van der Waals surface area contributed by atoms with Gasteiger partial charge in [-0.2, -0.15) is 0 Å². The Morgan fingerprint density at radius 1 is 0.966 bits per heavy atom. The van der Waals surface area contributed by atoms with Gasteiger partial charge in [0.15, 0.2) is 18.1 Å². The summed E-state index contributed by atoms with van der Waals surface area (Å²) in [7, 11) is 2.99. The molecule has 152 valence electrons. The fourth-order valence-electron chi connectivity index (χ4n) is 2.26. The van der Waals surface area contributed by atoms with Crippen LogP contribution in [0.1, 0.15) is 5.56 Å². The van der Waals surface area contributed by atoms with Gasteiger partial charge in [0.2, 0.25) is 5.91 Å². The normalized spacial score (nSPS) is 10.3. The third kappa shape index (κ3) is 7.37. The summed E-state index contributed by atoms with van der Waals surface area (Å²) < 4.78 is 15.1. The molecule has 0 aromatic heterocycles. The molecule has 2 N–H and O–H groups in total. The van der Waals surface area contributed by atoms with Crippen LogP contribution in [0.4, 0.5) is 5.69 Å². The van der Waals surface area contributed by atoms with E-state index in [4.69, 9.17) is 14.2 Å². The lowest BCUT2D eigenvalue weighted by molar-refractivity contribution is -0.146. The van der Waals surface area contributed by atoms with Crippen molar-refractivity contribution in [1.82, 2.24) is 5.32 Å². The van der Waals surface area contributed by atoms with E-state index in [1.54, 1.807) is 24.3 Å². The van der Waals surface area contributed by atoms with E-state index in [1.165, 1.54) is 20.3 Å². The molecule has 0 fully saturated rings. The number of carbonyl (C=O) groups excluding carboxylic acids is 3. The van der Waals surface area contributed by atoms with E-state index in [0.717, 1.165) is 5.56 Å². The molecule has 0 aliphatic heterocycles. The summed E-state index contributed by atoms with van der Waals surface area (Å²) in [5.74, 6) is -0.724. The first-order valence-corrected chi connectivity index (χ1v) is 8.70. The Kier molecular flexibility index (Phi) is 8.25. The molecular weight excluding hydrogens is 376 g/mol. The van der Waals surface area contributed by atoms with Crippen molar-refractivity contribution in [2.75, 3.05) is 32.7 Å². The number of rotatable bonds is 9. The minimum Gasteiger partial charge on any atom is -0.493 e. The highest BCUT2D eigenvalue weighted by Gasteiger charge is 2.10. The van der Waals surface area contributed by atoms with Crippen LogP contribution in [0, 0.1) is 0 Å². The first kappa shape index (κ1) is 21.5. The number of methoxy groups -OCH3 is 2. The zero-order valence-corrected chi connectivity index (χ0v) is 16.1. The van der Waals surface area contributed by atoms with Crippen molar-refractivity contribution in [3.05, 3.63) is 60.2 Å². The molecule has 0 saturated carbocycles. The zero-order valence-electron chi connectivity index (χ0n) is 16.1. The zero-order chi connectivity index (χ0) is 21.1. The molecule has 0 aliphatic rings. The number of hydrogen-bond donors (Lipinski definition) is 2. The molecule has 0 radical (unpaired) electrons. The number of amides is 2. The smallest absolute Gasteiger partial charge is 0.325 e. The molecule has 0 unspecified atom stereocenters. The summed E-state index contributed by atoms with van der Waals surface area (Å²) in [6, 6.07) is 14.1. The van der Waals surface area contributed by atoms with Crippen LogP contribution in [0.15, 0.2) is 54.6 Å². The van der Waals surface area contributed by atoms with E-state index >= 15 is 0 Å². The Morgan fingerprint density at radius 2 is 1.69 bits per heavy atom. The van der Waals surface area contributed by atoms with Gasteiger partial charge in [-0.3, -0.25) is 14.4 Å². The van der Waals surface area contributed by atoms with E-state index < -0.39 is 24.4 Å². The average Bonchev–Trinajstić information content (AvgIpc) is 2.75. The number of ether oxygens (including phenoxy) is 3. The van der Waals surface area contributed by atoms with Crippen molar-refractivity contribution >= 4 is 29.5 Å². The van der Waals surface area contributed by atoms with Crippen LogP contribution in [0.2, 0.25) is 0 Å². The molecule has 8 heteroatoms. The van der Waals surface area contributed by atoms with E-state index in [9.17, 15) is 14.4 Å². The van der Waals surface area contributed by atoms with Crippen LogP contribution < -0.4 is 20.1 Å². The van der Waals surface area contributed by atoms with Crippen LogP contribution >= 0.6 is 0 Å². The van der Waals surface area contributed by atoms with Crippen molar-refractivity contribution in [3.63, 3.8) is 0 Å². The SMILES string of the molecule is COc1ccc(NC(=O)COC(=O)CNC(=O)/C=C/c2ccccc2)cc1OC. The Morgan fingerprint density at radius 3 is 2.38 bits per heavy atom. The monoisotopic (exact) mass is 398 g/mol. The van der Waals surface area contributed by atoms with Crippen LogP contribution in [0.25, 0.3) is 6.08 Å². The molecule has 2 rings (SSSR count). The second kappa shape index (κ2) is 11.1. The highest BCUT2D eigenvalue weighted by atomic mass is 16.5. The maximum absolute atomic E-state index is 11.9. The Hall–Kier alpha value is -3.81. The van der Waals surface area contributed by atoms with Crippen molar-refractivity contribution in [2.45, 2.75) is 0 Å². The first-order chi connectivity index (χ1) is 14.0. The first-order valence-electron chi connectivity index (χ1n) is 8.70. The molecule has 0 spiro atoms. The maximum Gasteiger partial charge on any atom is 0.325 e. The highest BCUT2D eigenvalue weighted by molar-refractivity contribution is 5.95. The summed E-state index contributed by atoms with van der Waals surface area (Å²) in [6.07, 6.45) is 2.93. The number of carbonyl (C=O) groups is 3. The third-order valence-corrected chi connectivity index (χ3v) is 3.67. The predicted molar refractivity (Wildman–Crippen MR) is 108 cm³/mol. The van der Waals surface area contributed by atoms with Gasteiger partial charge >= 0.3 is 5.97 Å². The maximum atomic E-state index is 11.9. The van der Waals surface area contributed by atoms with Gasteiger partial charge in [0.1, 0.15) is 6.54 Å². The van der Waals surface area contributed by atoms with Crippen molar-refractivity contribution in [3.8, 4) is 11.5 Å². The third-order valence-electron chi connectivity index (χ3n) is 3.67. The molecule has 8 nitrogen and oxygen atoms in total. The lowest BCUT2D eigenvalue weighted by atomic mass is 10.2. The molecule has 0 bridgehead atoms. The van der Waals surface area contributed by atoms with E-state index in [1.807, 2.05) is 30.3 Å². The summed E-state index contributed by atoms with van der Waals surface area (Å²) in [5, 5.41) is 4.97. The molecule has 0 saturated heterocycles.